The Morgan fingerprint density at radius 1 is 0.943 bits per heavy atom. The van der Waals surface area contributed by atoms with Gasteiger partial charge in [-0.2, -0.15) is 0 Å². The average molecular weight is 496 g/mol. The monoisotopic (exact) mass is 495 g/mol. The molecule has 1 heterocycles. The van der Waals surface area contributed by atoms with Crippen LogP contribution < -0.4 is 0 Å². The van der Waals surface area contributed by atoms with E-state index in [9.17, 15) is 9.18 Å². The summed E-state index contributed by atoms with van der Waals surface area (Å²) in [4.78, 5) is 16.1. The number of benzene rings is 2. The smallest absolute Gasteiger partial charge is 0.233 e. The van der Waals surface area contributed by atoms with Gasteiger partial charge in [0.1, 0.15) is 5.82 Å². The first-order valence-corrected chi connectivity index (χ1v) is 16.2. The highest BCUT2D eigenvalue weighted by Gasteiger charge is 2.48. The Kier molecular flexibility index (Phi) is 7.32. The molecule has 0 spiro atoms. The molecule has 1 aliphatic heterocycles. The van der Waals surface area contributed by atoms with E-state index in [2.05, 4.69) is 69.1 Å². The van der Waals surface area contributed by atoms with Gasteiger partial charge in [-0.15, -0.1) is 0 Å². The topological polar surface area (TPSA) is 29.5 Å². The van der Waals surface area contributed by atoms with Crippen LogP contribution in [0.1, 0.15) is 70.4 Å². The lowest BCUT2D eigenvalue weighted by molar-refractivity contribution is -0.139. The summed E-state index contributed by atoms with van der Waals surface area (Å²) < 4.78 is 20.9. The maximum absolute atomic E-state index is 14.1. The summed E-state index contributed by atoms with van der Waals surface area (Å²) in [6.45, 7) is 13.6. The second kappa shape index (κ2) is 9.82. The third kappa shape index (κ3) is 5.13. The van der Waals surface area contributed by atoms with Gasteiger partial charge < -0.3 is 9.33 Å². The predicted octanol–water partition coefficient (Wildman–Crippen LogP) is 7.22. The number of likely N-dealkylation sites (tertiary alicyclic amines) is 1. The molecule has 35 heavy (non-hydrogen) atoms. The first-order chi connectivity index (χ1) is 16.5. The SMILES string of the molecule is CC(C)(C)[Si](C)(C)OCC1(c2ccccc2)CCN(C(=O)C2(c3cccc(F)c3)CCCC2)CC1. The van der Waals surface area contributed by atoms with Crippen molar-refractivity contribution >= 4 is 14.2 Å². The molecular formula is C30H42FNO2Si. The second-order valence-electron chi connectivity index (χ2n) is 12.3. The van der Waals surface area contributed by atoms with Crippen molar-refractivity contribution in [2.45, 2.75) is 88.3 Å². The number of hydrogen-bond donors (Lipinski definition) is 0. The summed E-state index contributed by atoms with van der Waals surface area (Å²) in [5.41, 5.74) is 1.49. The van der Waals surface area contributed by atoms with Crippen LogP contribution in [0.25, 0.3) is 0 Å². The first-order valence-electron chi connectivity index (χ1n) is 13.2. The zero-order valence-corrected chi connectivity index (χ0v) is 23.2. The van der Waals surface area contributed by atoms with E-state index >= 15 is 0 Å². The van der Waals surface area contributed by atoms with Crippen molar-refractivity contribution in [3.63, 3.8) is 0 Å². The van der Waals surface area contributed by atoms with Crippen molar-refractivity contribution in [1.82, 2.24) is 4.90 Å². The summed E-state index contributed by atoms with van der Waals surface area (Å²) in [7, 11) is -1.91. The third-order valence-corrected chi connectivity index (χ3v) is 13.6. The maximum Gasteiger partial charge on any atom is 0.233 e. The van der Waals surface area contributed by atoms with E-state index < -0.39 is 13.7 Å². The summed E-state index contributed by atoms with van der Waals surface area (Å²) in [6, 6.07) is 17.5. The minimum atomic E-state index is -1.91. The van der Waals surface area contributed by atoms with Crippen molar-refractivity contribution in [2.75, 3.05) is 19.7 Å². The minimum Gasteiger partial charge on any atom is -0.416 e. The van der Waals surface area contributed by atoms with Crippen molar-refractivity contribution < 1.29 is 13.6 Å². The number of halogens is 1. The van der Waals surface area contributed by atoms with E-state index in [0.29, 0.717) is 19.7 Å². The second-order valence-corrected chi connectivity index (χ2v) is 17.1. The number of amides is 1. The Balaban J connectivity index is 1.56. The van der Waals surface area contributed by atoms with Gasteiger partial charge in [0.25, 0.3) is 0 Å². The van der Waals surface area contributed by atoms with E-state index in [1.807, 2.05) is 6.07 Å². The minimum absolute atomic E-state index is 0.0880. The number of hydrogen-bond acceptors (Lipinski definition) is 2. The molecule has 0 aromatic heterocycles. The Morgan fingerprint density at radius 2 is 1.54 bits per heavy atom. The molecule has 0 unspecified atom stereocenters. The number of piperidine rings is 1. The molecule has 1 aliphatic carbocycles. The van der Waals surface area contributed by atoms with E-state index in [4.69, 9.17) is 4.43 Å². The molecule has 190 valence electrons. The molecule has 2 fully saturated rings. The van der Waals surface area contributed by atoms with Gasteiger partial charge in [0.15, 0.2) is 8.32 Å². The zero-order valence-electron chi connectivity index (χ0n) is 22.2. The molecule has 0 N–H and O–H groups in total. The molecule has 5 heteroatoms. The van der Waals surface area contributed by atoms with Gasteiger partial charge in [-0.05, 0) is 67.1 Å². The molecule has 1 saturated heterocycles. The Morgan fingerprint density at radius 3 is 2.11 bits per heavy atom. The Bertz CT molecular complexity index is 1020. The molecule has 0 radical (unpaired) electrons. The molecular weight excluding hydrogens is 453 g/mol. The van der Waals surface area contributed by atoms with Crippen LogP contribution in [0.3, 0.4) is 0 Å². The van der Waals surface area contributed by atoms with E-state index in [1.165, 1.54) is 11.6 Å². The van der Waals surface area contributed by atoms with Crippen LogP contribution >= 0.6 is 0 Å². The number of carbonyl (C=O) groups excluding carboxylic acids is 1. The fourth-order valence-electron chi connectivity index (χ4n) is 5.67. The molecule has 4 rings (SSSR count). The van der Waals surface area contributed by atoms with Crippen molar-refractivity contribution in [2.24, 2.45) is 0 Å². The average Bonchev–Trinajstić information content (AvgIpc) is 3.34. The first kappa shape index (κ1) is 26.1. The number of nitrogens with zero attached hydrogens (tertiary/aromatic N) is 1. The van der Waals surface area contributed by atoms with Crippen LogP contribution in [0.15, 0.2) is 54.6 Å². The van der Waals surface area contributed by atoms with E-state index in [1.54, 1.807) is 12.1 Å². The van der Waals surface area contributed by atoms with Crippen molar-refractivity contribution in [3.8, 4) is 0 Å². The van der Waals surface area contributed by atoms with Gasteiger partial charge in [-0.3, -0.25) is 4.79 Å². The van der Waals surface area contributed by atoms with Gasteiger partial charge >= 0.3 is 0 Å². The molecule has 2 aromatic carbocycles. The third-order valence-electron chi connectivity index (χ3n) is 9.15. The van der Waals surface area contributed by atoms with E-state index in [-0.39, 0.29) is 22.2 Å². The summed E-state index contributed by atoms with van der Waals surface area (Å²) in [5.74, 6) is -0.0707. The lowest BCUT2D eigenvalue weighted by Gasteiger charge is -2.47. The lowest BCUT2D eigenvalue weighted by atomic mass is 9.72. The van der Waals surface area contributed by atoms with Crippen LogP contribution in [0.4, 0.5) is 4.39 Å². The highest BCUT2D eigenvalue weighted by Crippen LogP contribution is 2.45. The molecule has 2 aromatic rings. The van der Waals surface area contributed by atoms with Crippen molar-refractivity contribution in [3.05, 3.63) is 71.5 Å². The summed E-state index contributed by atoms with van der Waals surface area (Å²) in [6.07, 6.45) is 5.43. The number of rotatable bonds is 6. The molecule has 1 amide bonds. The zero-order chi connectivity index (χ0) is 25.3. The predicted molar refractivity (Wildman–Crippen MR) is 144 cm³/mol. The van der Waals surface area contributed by atoms with Crippen LogP contribution in [-0.4, -0.2) is 38.8 Å². The van der Waals surface area contributed by atoms with Crippen LogP contribution in [0.5, 0.6) is 0 Å². The lowest BCUT2D eigenvalue weighted by Crippen LogP contribution is -2.54. The normalized spacial score (nSPS) is 20.1. The standard InChI is InChI=1S/C30H42FNO2Si/c1-28(2,3)35(4,5)34-23-29(24-12-7-6-8-13-24)18-20-32(21-19-29)27(33)30(16-9-10-17-30)25-14-11-15-26(31)22-25/h6-8,11-15,22H,9-10,16-21,23H2,1-5H3. The highest BCUT2D eigenvalue weighted by atomic mass is 28.4. The van der Waals surface area contributed by atoms with Gasteiger partial charge in [0.05, 0.1) is 5.41 Å². The Labute approximate surface area is 212 Å². The molecule has 1 saturated carbocycles. The van der Waals surface area contributed by atoms with Gasteiger partial charge in [-0.25, -0.2) is 4.39 Å². The molecule has 0 atom stereocenters. The maximum atomic E-state index is 14.1. The molecule has 3 nitrogen and oxygen atoms in total. The van der Waals surface area contributed by atoms with Crippen LogP contribution in [-0.2, 0) is 20.1 Å². The number of carbonyl (C=O) groups is 1. The van der Waals surface area contributed by atoms with Crippen molar-refractivity contribution in [1.29, 1.82) is 0 Å². The van der Waals surface area contributed by atoms with Gasteiger partial charge in [0.2, 0.25) is 5.91 Å². The van der Waals surface area contributed by atoms with Gasteiger partial charge in [-0.1, -0.05) is 76.1 Å². The molecule has 2 aliphatic rings. The fourth-order valence-corrected chi connectivity index (χ4v) is 6.74. The van der Waals surface area contributed by atoms with E-state index in [0.717, 1.165) is 44.1 Å². The summed E-state index contributed by atoms with van der Waals surface area (Å²) in [5, 5.41) is 0.154. The van der Waals surface area contributed by atoms with Crippen LogP contribution in [0, 0.1) is 5.82 Å². The quantitative estimate of drug-likeness (QED) is 0.396. The summed E-state index contributed by atoms with van der Waals surface area (Å²) >= 11 is 0. The van der Waals surface area contributed by atoms with Crippen LogP contribution in [0.2, 0.25) is 18.1 Å². The largest absolute Gasteiger partial charge is 0.416 e. The van der Waals surface area contributed by atoms with Gasteiger partial charge in [0, 0.05) is 25.1 Å². The Hall–Kier alpha value is -1.98. The molecule has 0 bridgehead atoms. The fraction of sp³-hybridized carbons (Fsp3) is 0.567. The highest BCUT2D eigenvalue weighted by molar-refractivity contribution is 6.74.